The van der Waals surface area contributed by atoms with Crippen LogP contribution in [0.1, 0.15) is 46.8 Å². The molecular weight excluding hydrogens is 330 g/mol. The van der Waals surface area contributed by atoms with Crippen molar-refractivity contribution in [2.45, 2.75) is 39.2 Å². The fraction of sp³-hybridized carbons (Fsp3) is 0.350. The monoisotopic (exact) mass is 351 g/mol. The SMILES string of the molecule is Cc1[nH]c(=O)c(C#N)c(C)c1CCC(=O)N[C@H]1CCOc2ccccc21. The Kier molecular flexibility index (Phi) is 5.08. The lowest BCUT2D eigenvalue weighted by atomic mass is 9.98. The van der Waals surface area contributed by atoms with Crippen LogP contribution in [0.15, 0.2) is 29.1 Å². The number of hydrogen-bond donors (Lipinski definition) is 2. The molecule has 2 N–H and O–H groups in total. The Bertz CT molecular complexity index is 940. The smallest absolute Gasteiger partial charge is 0.266 e. The van der Waals surface area contributed by atoms with Gasteiger partial charge in [-0.15, -0.1) is 0 Å². The summed E-state index contributed by atoms with van der Waals surface area (Å²) >= 11 is 0. The Hall–Kier alpha value is -3.07. The molecule has 1 amide bonds. The topological polar surface area (TPSA) is 95.0 Å². The molecule has 0 unspecified atom stereocenters. The minimum atomic E-state index is -0.380. The molecule has 3 rings (SSSR count). The molecule has 1 aromatic carbocycles. The third-order valence-corrected chi connectivity index (χ3v) is 4.82. The lowest BCUT2D eigenvalue weighted by Crippen LogP contribution is -2.32. The van der Waals surface area contributed by atoms with Gasteiger partial charge < -0.3 is 15.0 Å². The Balaban J connectivity index is 1.70. The predicted molar refractivity (Wildman–Crippen MR) is 97.0 cm³/mol. The van der Waals surface area contributed by atoms with Crippen molar-refractivity contribution in [2.75, 3.05) is 6.61 Å². The van der Waals surface area contributed by atoms with Crippen molar-refractivity contribution in [3.63, 3.8) is 0 Å². The van der Waals surface area contributed by atoms with E-state index < -0.39 is 0 Å². The number of para-hydroxylation sites is 1. The highest BCUT2D eigenvalue weighted by Gasteiger charge is 2.22. The van der Waals surface area contributed by atoms with Crippen LogP contribution in [0.5, 0.6) is 5.75 Å². The first-order chi connectivity index (χ1) is 12.5. The third kappa shape index (κ3) is 3.47. The summed E-state index contributed by atoms with van der Waals surface area (Å²) in [6.07, 6.45) is 1.50. The largest absolute Gasteiger partial charge is 0.493 e. The van der Waals surface area contributed by atoms with Gasteiger partial charge in [0.2, 0.25) is 5.91 Å². The van der Waals surface area contributed by atoms with Crippen molar-refractivity contribution in [2.24, 2.45) is 0 Å². The maximum Gasteiger partial charge on any atom is 0.266 e. The van der Waals surface area contributed by atoms with E-state index in [2.05, 4.69) is 10.3 Å². The first kappa shape index (κ1) is 17.7. The van der Waals surface area contributed by atoms with E-state index in [0.717, 1.165) is 23.3 Å². The molecule has 0 fully saturated rings. The molecule has 0 saturated heterocycles. The van der Waals surface area contributed by atoms with E-state index in [-0.39, 0.29) is 29.5 Å². The normalized spacial score (nSPS) is 15.5. The average Bonchev–Trinajstić information content (AvgIpc) is 2.62. The highest BCUT2D eigenvalue weighted by atomic mass is 16.5. The number of nitriles is 1. The number of nitrogens with one attached hydrogen (secondary N) is 2. The number of hydrogen-bond acceptors (Lipinski definition) is 4. The van der Waals surface area contributed by atoms with Crippen LogP contribution in [0.2, 0.25) is 0 Å². The molecule has 1 aliphatic rings. The zero-order valence-corrected chi connectivity index (χ0v) is 14.9. The number of fused-ring (bicyclic) bond motifs is 1. The van der Waals surface area contributed by atoms with Crippen LogP contribution < -0.4 is 15.6 Å². The van der Waals surface area contributed by atoms with E-state index in [1.807, 2.05) is 30.3 Å². The van der Waals surface area contributed by atoms with Gasteiger partial charge in [-0.3, -0.25) is 9.59 Å². The molecule has 0 aliphatic carbocycles. The Morgan fingerprint density at radius 2 is 2.15 bits per heavy atom. The lowest BCUT2D eigenvalue weighted by molar-refractivity contribution is -0.122. The molecule has 0 radical (unpaired) electrons. The summed E-state index contributed by atoms with van der Waals surface area (Å²) in [5.41, 5.74) is 2.94. The number of pyridine rings is 1. The third-order valence-electron chi connectivity index (χ3n) is 4.82. The van der Waals surface area contributed by atoms with Crippen molar-refractivity contribution < 1.29 is 9.53 Å². The van der Waals surface area contributed by atoms with E-state index in [0.29, 0.717) is 24.3 Å². The minimum Gasteiger partial charge on any atom is -0.493 e. The van der Waals surface area contributed by atoms with E-state index in [1.165, 1.54) is 0 Å². The molecule has 6 nitrogen and oxygen atoms in total. The summed E-state index contributed by atoms with van der Waals surface area (Å²) in [5.74, 6) is 0.755. The number of aromatic amines is 1. The summed E-state index contributed by atoms with van der Waals surface area (Å²) in [6, 6.07) is 9.60. The van der Waals surface area contributed by atoms with Gasteiger partial charge in [0.1, 0.15) is 17.4 Å². The van der Waals surface area contributed by atoms with Crippen LogP contribution in [0.3, 0.4) is 0 Å². The maximum atomic E-state index is 12.4. The van der Waals surface area contributed by atoms with Gasteiger partial charge in [0, 0.05) is 24.1 Å². The first-order valence-electron chi connectivity index (χ1n) is 8.64. The molecule has 2 heterocycles. The van der Waals surface area contributed by atoms with E-state index in [4.69, 9.17) is 10.00 Å². The molecule has 2 aromatic rings. The molecule has 1 aromatic heterocycles. The molecule has 26 heavy (non-hydrogen) atoms. The highest BCUT2D eigenvalue weighted by molar-refractivity contribution is 5.77. The van der Waals surface area contributed by atoms with E-state index >= 15 is 0 Å². The van der Waals surface area contributed by atoms with Crippen molar-refractivity contribution in [3.8, 4) is 11.8 Å². The number of aromatic nitrogens is 1. The molecule has 0 bridgehead atoms. The second kappa shape index (κ2) is 7.44. The molecule has 6 heteroatoms. The number of ether oxygens (including phenoxy) is 1. The number of aryl methyl sites for hydroxylation is 1. The van der Waals surface area contributed by atoms with Gasteiger partial charge in [-0.1, -0.05) is 18.2 Å². The fourth-order valence-electron chi connectivity index (χ4n) is 3.42. The number of H-pyrrole nitrogens is 1. The van der Waals surface area contributed by atoms with Crippen molar-refractivity contribution in [3.05, 3.63) is 62.6 Å². The number of amides is 1. The van der Waals surface area contributed by atoms with Gasteiger partial charge in [0.15, 0.2) is 0 Å². The average molecular weight is 351 g/mol. The summed E-state index contributed by atoms with van der Waals surface area (Å²) < 4.78 is 5.62. The number of carbonyl (C=O) groups excluding carboxylic acids is 1. The van der Waals surface area contributed by atoms with E-state index in [9.17, 15) is 9.59 Å². The predicted octanol–water partition coefficient (Wildman–Crippen LogP) is 2.44. The molecule has 1 atom stereocenters. The minimum absolute atomic E-state index is 0.0557. The van der Waals surface area contributed by atoms with Gasteiger partial charge in [0.05, 0.1) is 12.6 Å². The van der Waals surface area contributed by atoms with Gasteiger partial charge in [-0.05, 0) is 37.5 Å². The van der Waals surface area contributed by atoms with Gasteiger partial charge in [0.25, 0.3) is 5.56 Å². The quantitative estimate of drug-likeness (QED) is 0.884. The molecule has 0 saturated carbocycles. The van der Waals surface area contributed by atoms with Gasteiger partial charge in [-0.25, -0.2) is 0 Å². The van der Waals surface area contributed by atoms with Gasteiger partial charge in [-0.2, -0.15) is 5.26 Å². The van der Waals surface area contributed by atoms with Crippen LogP contribution in [0, 0.1) is 25.2 Å². The maximum absolute atomic E-state index is 12.4. The first-order valence-corrected chi connectivity index (χ1v) is 8.64. The van der Waals surface area contributed by atoms with Crippen molar-refractivity contribution in [1.29, 1.82) is 5.26 Å². The Morgan fingerprint density at radius 1 is 1.38 bits per heavy atom. The summed E-state index contributed by atoms with van der Waals surface area (Å²) in [6.45, 7) is 4.12. The second-order valence-corrected chi connectivity index (χ2v) is 6.46. The highest BCUT2D eigenvalue weighted by Crippen LogP contribution is 2.31. The molecule has 0 spiro atoms. The van der Waals surface area contributed by atoms with Crippen LogP contribution in [-0.2, 0) is 11.2 Å². The van der Waals surface area contributed by atoms with Crippen LogP contribution >= 0.6 is 0 Å². The van der Waals surface area contributed by atoms with Gasteiger partial charge >= 0.3 is 0 Å². The standard InChI is InChI=1S/C20H21N3O3/c1-12-14(13(2)22-20(25)16(12)11-21)7-8-19(24)23-17-9-10-26-18-6-4-3-5-15(17)18/h3-6,17H,7-10H2,1-2H3,(H,22,25)(H,23,24)/t17-/m0/s1. The Labute approximate surface area is 151 Å². The van der Waals surface area contributed by atoms with E-state index in [1.54, 1.807) is 13.8 Å². The lowest BCUT2D eigenvalue weighted by Gasteiger charge is -2.26. The van der Waals surface area contributed by atoms with Crippen molar-refractivity contribution in [1.82, 2.24) is 10.3 Å². The fourth-order valence-corrected chi connectivity index (χ4v) is 3.42. The van der Waals surface area contributed by atoms with Crippen molar-refractivity contribution >= 4 is 5.91 Å². The second-order valence-electron chi connectivity index (χ2n) is 6.46. The zero-order chi connectivity index (χ0) is 18.7. The number of nitrogens with zero attached hydrogens (tertiary/aromatic N) is 1. The Morgan fingerprint density at radius 3 is 2.92 bits per heavy atom. The number of rotatable bonds is 4. The molecular formula is C20H21N3O3. The molecule has 134 valence electrons. The van der Waals surface area contributed by atoms with Crippen LogP contribution in [0.4, 0.5) is 0 Å². The van der Waals surface area contributed by atoms with Crippen LogP contribution in [0.25, 0.3) is 0 Å². The summed E-state index contributed by atoms with van der Waals surface area (Å²) in [5, 5.41) is 12.2. The van der Waals surface area contributed by atoms with Crippen LogP contribution in [-0.4, -0.2) is 17.5 Å². The number of carbonyl (C=O) groups is 1. The summed E-state index contributed by atoms with van der Waals surface area (Å²) in [7, 11) is 0. The molecule has 1 aliphatic heterocycles. The summed E-state index contributed by atoms with van der Waals surface area (Å²) in [4.78, 5) is 26.9. The zero-order valence-electron chi connectivity index (χ0n) is 14.9. The number of benzene rings is 1.